The van der Waals surface area contributed by atoms with Crippen LogP contribution in [0, 0.1) is 0 Å². The minimum Gasteiger partial charge on any atom is -0.339 e. The van der Waals surface area contributed by atoms with Crippen LogP contribution in [0.4, 0.5) is 8.78 Å². The third kappa shape index (κ3) is 3.07. The van der Waals surface area contributed by atoms with Crippen LogP contribution < -0.4 is 0 Å². The smallest absolute Gasteiger partial charge is 0.296 e. The lowest BCUT2D eigenvalue weighted by Gasteiger charge is -2.10. The van der Waals surface area contributed by atoms with Crippen molar-refractivity contribution in [3.8, 4) is 0 Å². The van der Waals surface area contributed by atoms with E-state index < -0.39 is 18.6 Å². The molecule has 15 heavy (non-hydrogen) atoms. The van der Waals surface area contributed by atoms with E-state index >= 15 is 0 Å². The van der Waals surface area contributed by atoms with Gasteiger partial charge in [-0.15, -0.1) is 0 Å². The molecule has 0 aliphatic heterocycles. The molecule has 0 saturated carbocycles. The molecule has 1 aromatic heterocycles. The van der Waals surface area contributed by atoms with E-state index in [1.54, 1.807) is 0 Å². The molecule has 1 heterocycles. The topological polar surface area (TPSA) is 56.0 Å². The predicted molar refractivity (Wildman–Crippen MR) is 47.7 cm³/mol. The Balaban J connectivity index is 2.73. The van der Waals surface area contributed by atoms with Crippen molar-refractivity contribution < 1.29 is 18.1 Å². The molecular formula is C9H12F2N2O2. The van der Waals surface area contributed by atoms with Crippen molar-refractivity contribution in [2.75, 3.05) is 0 Å². The lowest BCUT2D eigenvalue weighted by molar-refractivity contribution is -0.129. The predicted octanol–water partition coefficient (Wildman–Crippen LogP) is 1.74. The zero-order valence-corrected chi connectivity index (χ0v) is 8.75. The summed E-state index contributed by atoms with van der Waals surface area (Å²) >= 11 is 0. The van der Waals surface area contributed by atoms with Crippen molar-refractivity contribution >= 4 is 5.78 Å². The van der Waals surface area contributed by atoms with Gasteiger partial charge >= 0.3 is 0 Å². The summed E-state index contributed by atoms with van der Waals surface area (Å²) < 4.78 is 28.5. The van der Waals surface area contributed by atoms with Gasteiger partial charge in [0.15, 0.2) is 5.82 Å². The van der Waals surface area contributed by atoms with Gasteiger partial charge in [0.05, 0.1) is 6.42 Å². The first-order valence-corrected chi connectivity index (χ1v) is 4.44. The van der Waals surface area contributed by atoms with Crippen LogP contribution in [-0.4, -0.2) is 22.3 Å². The molecule has 4 nitrogen and oxygen atoms in total. The number of ketones is 1. The molecule has 1 aromatic rings. The van der Waals surface area contributed by atoms with Crippen LogP contribution in [0.15, 0.2) is 4.52 Å². The second-order valence-corrected chi connectivity index (χ2v) is 4.21. The highest BCUT2D eigenvalue weighted by Gasteiger charge is 2.24. The zero-order valence-electron chi connectivity index (χ0n) is 8.75. The van der Waals surface area contributed by atoms with E-state index in [2.05, 4.69) is 10.1 Å². The number of nitrogens with zero attached hydrogens (tertiary/aromatic N) is 2. The minimum absolute atomic E-state index is 0.0646. The Morgan fingerprint density at radius 1 is 1.47 bits per heavy atom. The molecule has 0 fully saturated rings. The summed E-state index contributed by atoms with van der Waals surface area (Å²) in [4.78, 5) is 14.6. The van der Waals surface area contributed by atoms with Crippen LogP contribution in [0.1, 0.15) is 32.5 Å². The number of Topliss-reactive ketones (excluding diaryl/α,β-unsaturated/α-hetero) is 1. The van der Waals surface area contributed by atoms with Crippen molar-refractivity contribution in [3.05, 3.63) is 11.7 Å². The fourth-order valence-electron chi connectivity index (χ4n) is 0.858. The Morgan fingerprint density at radius 3 is 2.47 bits per heavy atom. The number of carbonyl (C=O) groups excluding carboxylic acids is 1. The number of alkyl halides is 2. The molecule has 0 saturated heterocycles. The number of halogens is 2. The standard InChI is InChI=1S/C9H12F2N2O2/c1-9(2,3)8-12-6(15-13-8)4-5(14)7(10)11/h7H,4H2,1-3H3. The first kappa shape index (κ1) is 11.7. The maximum atomic E-state index is 11.9. The van der Waals surface area contributed by atoms with Crippen molar-refractivity contribution in [2.24, 2.45) is 0 Å². The van der Waals surface area contributed by atoms with Gasteiger partial charge in [0.1, 0.15) is 0 Å². The van der Waals surface area contributed by atoms with Gasteiger partial charge in [-0.05, 0) is 0 Å². The molecule has 0 aromatic carbocycles. The number of aromatic nitrogens is 2. The summed E-state index contributed by atoms with van der Waals surface area (Å²) in [7, 11) is 0. The Labute approximate surface area is 85.7 Å². The summed E-state index contributed by atoms with van der Waals surface area (Å²) in [6, 6.07) is 0. The Hall–Kier alpha value is -1.33. The molecule has 0 amide bonds. The normalized spacial score (nSPS) is 12.1. The molecule has 0 aliphatic rings. The second kappa shape index (κ2) is 4.04. The highest BCUT2D eigenvalue weighted by molar-refractivity contribution is 5.82. The van der Waals surface area contributed by atoms with E-state index in [0.29, 0.717) is 5.82 Å². The van der Waals surface area contributed by atoms with Crippen LogP contribution in [0.3, 0.4) is 0 Å². The van der Waals surface area contributed by atoms with Crippen molar-refractivity contribution in [1.82, 2.24) is 10.1 Å². The van der Waals surface area contributed by atoms with Gasteiger partial charge in [0.25, 0.3) is 6.43 Å². The van der Waals surface area contributed by atoms with Crippen molar-refractivity contribution in [2.45, 2.75) is 39.0 Å². The monoisotopic (exact) mass is 218 g/mol. The van der Waals surface area contributed by atoms with Gasteiger partial charge in [-0.3, -0.25) is 4.79 Å². The summed E-state index contributed by atoms with van der Waals surface area (Å²) in [6.07, 6.45) is -3.50. The first-order valence-electron chi connectivity index (χ1n) is 4.44. The average Bonchev–Trinajstić information content (AvgIpc) is 2.51. The molecule has 0 radical (unpaired) electrons. The van der Waals surface area contributed by atoms with E-state index in [0.717, 1.165) is 0 Å². The summed E-state index contributed by atoms with van der Waals surface area (Å²) in [5, 5.41) is 3.62. The van der Waals surface area contributed by atoms with E-state index in [4.69, 9.17) is 4.52 Å². The average molecular weight is 218 g/mol. The van der Waals surface area contributed by atoms with Gasteiger partial charge in [-0.1, -0.05) is 25.9 Å². The Morgan fingerprint density at radius 2 is 2.07 bits per heavy atom. The van der Waals surface area contributed by atoms with Crippen LogP contribution in [-0.2, 0) is 16.6 Å². The van der Waals surface area contributed by atoms with Gasteiger partial charge in [0, 0.05) is 5.41 Å². The fraction of sp³-hybridized carbons (Fsp3) is 0.667. The van der Waals surface area contributed by atoms with Gasteiger partial charge in [-0.25, -0.2) is 8.78 Å². The van der Waals surface area contributed by atoms with Gasteiger partial charge < -0.3 is 4.52 Å². The summed E-state index contributed by atoms with van der Waals surface area (Å²) in [6.45, 7) is 5.57. The number of carbonyl (C=O) groups is 1. The van der Waals surface area contributed by atoms with Crippen LogP contribution in [0.25, 0.3) is 0 Å². The zero-order chi connectivity index (χ0) is 11.6. The van der Waals surface area contributed by atoms with Crippen LogP contribution in [0.2, 0.25) is 0 Å². The molecule has 6 heteroatoms. The molecule has 0 bridgehead atoms. The number of rotatable bonds is 3. The summed E-state index contributed by atoms with van der Waals surface area (Å²) in [5.41, 5.74) is -0.324. The second-order valence-electron chi connectivity index (χ2n) is 4.21. The van der Waals surface area contributed by atoms with E-state index in [1.165, 1.54) is 0 Å². The van der Waals surface area contributed by atoms with Crippen LogP contribution in [0.5, 0.6) is 0 Å². The Bertz CT molecular complexity index is 355. The third-order valence-electron chi connectivity index (χ3n) is 1.71. The molecule has 0 spiro atoms. The SMILES string of the molecule is CC(C)(C)c1noc(CC(=O)C(F)F)n1. The van der Waals surface area contributed by atoms with Crippen molar-refractivity contribution in [1.29, 1.82) is 0 Å². The van der Waals surface area contributed by atoms with E-state index in [-0.39, 0.29) is 11.3 Å². The van der Waals surface area contributed by atoms with E-state index in [1.807, 2.05) is 20.8 Å². The molecule has 84 valence electrons. The largest absolute Gasteiger partial charge is 0.339 e. The number of hydrogen-bond donors (Lipinski definition) is 0. The fourth-order valence-corrected chi connectivity index (χ4v) is 0.858. The molecule has 0 N–H and O–H groups in total. The third-order valence-corrected chi connectivity index (χ3v) is 1.71. The van der Waals surface area contributed by atoms with E-state index in [9.17, 15) is 13.6 Å². The molecule has 0 unspecified atom stereocenters. The molecule has 0 atom stereocenters. The van der Waals surface area contributed by atoms with Crippen molar-refractivity contribution in [3.63, 3.8) is 0 Å². The Kier molecular flexibility index (Phi) is 3.16. The lowest BCUT2D eigenvalue weighted by atomic mass is 9.96. The first-order chi connectivity index (χ1) is 6.80. The molecular weight excluding hydrogens is 206 g/mol. The highest BCUT2D eigenvalue weighted by Crippen LogP contribution is 2.18. The molecule has 1 rings (SSSR count). The summed E-state index contributed by atoms with van der Waals surface area (Å²) in [5.74, 6) is -0.871. The quantitative estimate of drug-likeness (QED) is 0.775. The number of hydrogen-bond acceptors (Lipinski definition) is 4. The molecule has 0 aliphatic carbocycles. The van der Waals surface area contributed by atoms with Crippen LogP contribution >= 0.6 is 0 Å². The maximum Gasteiger partial charge on any atom is 0.296 e. The minimum atomic E-state index is -2.99. The van der Waals surface area contributed by atoms with Gasteiger partial charge in [-0.2, -0.15) is 4.98 Å². The highest BCUT2D eigenvalue weighted by atomic mass is 19.3. The maximum absolute atomic E-state index is 11.9. The van der Waals surface area contributed by atoms with Gasteiger partial charge in [0.2, 0.25) is 11.7 Å². The lowest BCUT2D eigenvalue weighted by Crippen LogP contribution is -2.15.